The molecule has 0 saturated carbocycles. The van der Waals surface area contributed by atoms with E-state index in [1.54, 1.807) is 55.5 Å². The summed E-state index contributed by atoms with van der Waals surface area (Å²) in [5, 5.41) is 5.44. The molecule has 3 amide bonds. The molecule has 2 N–H and O–H groups in total. The maximum absolute atomic E-state index is 13.4. The lowest BCUT2D eigenvalue weighted by atomic mass is 10.1. The van der Waals surface area contributed by atoms with Crippen molar-refractivity contribution in [2.45, 2.75) is 20.4 Å². The van der Waals surface area contributed by atoms with Gasteiger partial charge in [0, 0.05) is 16.4 Å². The third kappa shape index (κ3) is 5.68. The fourth-order valence-corrected chi connectivity index (χ4v) is 4.07. The van der Waals surface area contributed by atoms with Crippen LogP contribution in [0.25, 0.3) is 6.08 Å². The van der Waals surface area contributed by atoms with Gasteiger partial charge in [-0.2, -0.15) is 0 Å². The number of rotatable bonds is 6. The van der Waals surface area contributed by atoms with Crippen LogP contribution in [0, 0.1) is 6.92 Å². The number of carbonyl (C=O) groups is 4. The molecule has 0 radical (unpaired) electrons. The van der Waals surface area contributed by atoms with Crippen molar-refractivity contribution in [1.29, 1.82) is 0 Å². The van der Waals surface area contributed by atoms with Crippen LogP contribution in [0.4, 0.5) is 11.4 Å². The number of anilines is 2. The third-order valence-corrected chi connectivity index (χ3v) is 6.00. The van der Waals surface area contributed by atoms with E-state index < -0.39 is 23.7 Å². The van der Waals surface area contributed by atoms with Crippen LogP contribution in [0.2, 0.25) is 5.02 Å². The van der Waals surface area contributed by atoms with Crippen molar-refractivity contribution in [1.82, 2.24) is 5.32 Å². The lowest BCUT2D eigenvalue weighted by Gasteiger charge is -2.18. The topological polar surface area (TPSA) is 118 Å². The summed E-state index contributed by atoms with van der Waals surface area (Å²) in [6.45, 7) is 3.48. The van der Waals surface area contributed by atoms with Crippen molar-refractivity contribution in [2.24, 2.45) is 0 Å². The van der Waals surface area contributed by atoms with E-state index in [1.165, 1.54) is 18.1 Å². The van der Waals surface area contributed by atoms with Gasteiger partial charge in [0.2, 0.25) is 0 Å². The van der Waals surface area contributed by atoms with Gasteiger partial charge in [-0.3, -0.25) is 19.3 Å². The standard InChI is InChI=1S/C28H24ClN3O6/c1-16-7-9-19(10-8-16)31-26(34)25(33)30-15-22-12-11-21(38-22)14-23-24(28(36)37-3)17(2)32(27(23)35)20-6-4-5-18(29)13-20/h4-14H,15H2,1-3H3,(H,30,33)(H,31,34)/b23-14+. The van der Waals surface area contributed by atoms with Crippen molar-refractivity contribution < 1.29 is 28.3 Å². The summed E-state index contributed by atoms with van der Waals surface area (Å²) in [5.74, 6) is -2.18. The fourth-order valence-electron chi connectivity index (χ4n) is 3.89. The van der Waals surface area contributed by atoms with Gasteiger partial charge in [-0.25, -0.2) is 4.79 Å². The first kappa shape index (κ1) is 26.4. The van der Waals surface area contributed by atoms with Gasteiger partial charge in [0.1, 0.15) is 11.5 Å². The average molecular weight is 534 g/mol. The first-order valence-electron chi connectivity index (χ1n) is 11.5. The minimum atomic E-state index is -0.837. The SMILES string of the molecule is COC(=O)C1=C(C)N(c2cccc(Cl)c2)C(=O)/C1=C/c1ccc(CNC(=O)C(=O)Nc2ccc(C)cc2)o1. The Labute approximate surface area is 223 Å². The van der Waals surface area contributed by atoms with Gasteiger partial charge in [0.15, 0.2) is 0 Å². The normalized spacial score (nSPS) is 14.2. The van der Waals surface area contributed by atoms with Gasteiger partial charge in [0.25, 0.3) is 5.91 Å². The Morgan fingerprint density at radius 1 is 1.03 bits per heavy atom. The van der Waals surface area contributed by atoms with E-state index in [0.717, 1.165) is 5.56 Å². The lowest BCUT2D eigenvalue weighted by Crippen LogP contribution is -2.34. The molecule has 4 rings (SSSR count). The molecule has 194 valence electrons. The molecule has 0 unspecified atom stereocenters. The fraction of sp³-hybridized carbons (Fsp3) is 0.143. The molecule has 0 saturated heterocycles. The van der Waals surface area contributed by atoms with Crippen molar-refractivity contribution >= 4 is 52.7 Å². The molecule has 0 fully saturated rings. The summed E-state index contributed by atoms with van der Waals surface area (Å²) < 4.78 is 10.6. The number of nitrogens with one attached hydrogen (secondary N) is 2. The molecule has 9 nitrogen and oxygen atoms in total. The molecule has 2 aromatic carbocycles. The minimum absolute atomic E-state index is 0.0648. The lowest BCUT2D eigenvalue weighted by molar-refractivity contribution is -0.136. The number of hydrogen-bond donors (Lipinski definition) is 2. The molecule has 38 heavy (non-hydrogen) atoms. The summed E-state index contributed by atoms with van der Waals surface area (Å²) in [4.78, 5) is 51.7. The van der Waals surface area contributed by atoms with E-state index in [2.05, 4.69) is 10.6 Å². The molecule has 0 bridgehead atoms. The number of ether oxygens (including phenoxy) is 1. The second kappa shape index (κ2) is 11.2. The van der Waals surface area contributed by atoms with Gasteiger partial charge in [-0.15, -0.1) is 0 Å². The smallest absolute Gasteiger partial charge is 0.340 e. The zero-order chi connectivity index (χ0) is 27.4. The first-order chi connectivity index (χ1) is 18.2. The molecule has 2 heterocycles. The predicted octanol–water partition coefficient (Wildman–Crippen LogP) is 4.37. The largest absolute Gasteiger partial charge is 0.465 e. The van der Waals surface area contributed by atoms with Gasteiger partial charge in [-0.1, -0.05) is 35.4 Å². The van der Waals surface area contributed by atoms with Crippen LogP contribution in [-0.2, 0) is 30.5 Å². The first-order valence-corrected chi connectivity index (χ1v) is 11.9. The summed E-state index contributed by atoms with van der Waals surface area (Å²) in [5.41, 5.74) is 2.58. The van der Waals surface area contributed by atoms with Crippen molar-refractivity contribution in [3.8, 4) is 0 Å². The van der Waals surface area contributed by atoms with Crippen LogP contribution >= 0.6 is 11.6 Å². The number of halogens is 1. The zero-order valence-corrected chi connectivity index (χ0v) is 21.6. The molecule has 1 aromatic heterocycles. The molecule has 0 spiro atoms. The quantitative estimate of drug-likeness (QED) is 0.276. The van der Waals surface area contributed by atoms with E-state index in [1.807, 2.05) is 19.1 Å². The van der Waals surface area contributed by atoms with Crippen molar-refractivity contribution in [3.63, 3.8) is 0 Å². The Morgan fingerprint density at radius 2 is 1.76 bits per heavy atom. The van der Waals surface area contributed by atoms with E-state index in [4.69, 9.17) is 20.8 Å². The monoisotopic (exact) mass is 533 g/mol. The zero-order valence-electron chi connectivity index (χ0n) is 20.8. The minimum Gasteiger partial charge on any atom is -0.465 e. The van der Waals surface area contributed by atoms with Gasteiger partial charge >= 0.3 is 17.8 Å². The third-order valence-electron chi connectivity index (χ3n) is 5.76. The summed E-state index contributed by atoms with van der Waals surface area (Å²) >= 11 is 6.10. The van der Waals surface area contributed by atoms with Crippen molar-refractivity contribution in [2.75, 3.05) is 17.3 Å². The van der Waals surface area contributed by atoms with Crippen molar-refractivity contribution in [3.05, 3.63) is 99.6 Å². The molecule has 10 heteroatoms. The van der Waals surface area contributed by atoms with Crippen LogP contribution in [0.3, 0.4) is 0 Å². The highest BCUT2D eigenvalue weighted by Crippen LogP contribution is 2.36. The maximum atomic E-state index is 13.4. The van der Waals surface area contributed by atoms with Crippen LogP contribution < -0.4 is 15.5 Å². The number of allylic oxidation sites excluding steroid dienone is 1. The maximum Gasteiger partial charge on any atom is 0.340 e. The highest BCUT2D eigenvalue weighted by Gasteiger charge is 2.38. The van der Waals surface area contributed by atoms with Crippen LogP contribution in [0.15, 0.2) is 81.9 Å². The number of esters is 1. The molecule has 0 atom stereocenters. The van der Waals surface area contributed by atoms with E-state index in [-0.39, 0.29) is 23.5 Å². The predicted molar refractivity (Wildman–Crippen MR) is 142 cm³/mol. The van der Waals surface area contributed by atoms with E-state index >= 15 is 0 Å². The van der Waals surface area contributed by atoms with E-state index in [9.17, 15) is 19.2 Å². The number of nitrogens with zero attached hydrogens (tertiary/aromatic N) is 1. The molecule has 1 aliphatic heterocycles. The average Bonchev–Trinajstić information content (AvgIpc) is 3.44. The Bertz CT molecular complexity index is 1490. The highest BCUT2D eigenvalue weighted by molar-refractivity contribution is 6.39. The molecular weight excluding hydrogens is 510 g/mol. The number of carbonyl (C=O) groups excluding carboxylic acids is 4. The number of methoxy groups -OCH3 is 1. The van der Waals surface area contributed by atoms with Gasteiger partial charge < -0.3 is 19.8 Å². The van der Waals surface area contributed by atoms with Crippen LogP contribution in [0.5, 0.6) is 0 Å². The Balaban J connectivity index is 1.49. The molecular formula is C28H24ClN3O6. The Morgan fingerprint density at radius 3 is 2.45 bits per heavy atom. The van der Waals surface area contributed by atoms with Gasteiger partial charge in [-0.05, 0) is 62.4 Å². The van der Waals surface area contributed by atoms with Gasteiger partial charge in [0.05, 0.1) is 30.5 Å². The van der Waals surface area contributed by atoms with Crippen LogP contribution in [-0.4, -0.2) is 30.8 Å². The molecule has 0 aliphatic carbocycles. The number of hydrogen-bond acceptors (Lipinski definition) is 6. The van der Waals surface area contributed by atoms with E-state index in [0.29, 0.717) is 27.9 Å². The second-order valence-corrected chi connectivity index (χ2v) is 8.87. The van der Waals surface area contributed by atoms with Crippen LogP contribution in [0.1, 0.15) is 24.0 Å². The summed E-state index contributed by atoms with van der Waals surface area (Å²) in [6, 6.07) is 16.9. The Kier molecular flexibility index (Phi) is 7.78. The highest BCUT2D eigenvalue weighted by atomic mass is 35.5. The molecule has 3 aromatic rings. The number of amides is 3. The number of benzene rings is 2. The molecule has 1 aliphatic rings. The second-order valence-electron chi connectivity index (χ2n) is 8.44. The Hall–Kier alpha value is -4.63. The number of furan rings is 1. The summed E-state index contributed by atoms with van der Waals surface area (Å²) in [6.07, 6.45) is 1.43. The number of aryl methyl sites for hydroxylation is 1. The summed E-state index contributed by atoms with van der Waals surface area (Å²) in [7, 11) is 1.23.